The first kappa shape index (κ1) is 13.8. The van der Waals surface area contributed by atoms with Gasteiger partial charge in [0, 0.05) is 28.5 Å². The van der Waals surface area contributed by atoms with E-state index in [1.807, 2.05) is 13.8 Å². The van der Waals surface area contributed by atoms with Crippen LogP contribution in [0.25, 0.3) is 0 Å². The van der Waals surface area contributed by atoms with Gasteiger partial charge < -0.3 is 5.32 Å². The summed E-state index contributed by atoms with van der Waals surface area (Å²) in [6, 6.07) is 4.69. The van der Waals surface area contributed by atoms with Gasteiger partial charge in [-0.25, -0.2) is 4.39 Å². The van der Waals surface area contributed by atoms with Gasteiger partial charge in [0.15, 0.2) is 0 Å². The van der Waals surface area contributed by atoms with E-state index in [0.717, 1.165) is 6.42 Å². The van der Waals surface area contributed by atoms with Crippen molar-refractivity contribution < 1.29 is 4.39 Å². The molecule has 0 aliphatic carbocycles. The van der Waals surface area contributed by atoms with E-state index in [-0.39, 0.29) is 11.4 Å². The van der Waals surface area contributed by atoms with Gasteiger partial charge in [0.05, 0.1) is 0 Å². The normalized spacial score (nSPS) is 14.8. The number of hydrogen-bond acceptors (Lipinski definition) is 1. The zero-order valence-corrected chi connectivity index (χ0v) is 11.0. The molecule has 90 valence electrons. The fourth-order valence-corrected chi connectivity index (χ4v) is 1.78. The quantitative estimate of drug-likeness (QED) is 0.793. The van der Waals surface area contributed by atoms with Gasteiger partial charge in [0.25, 0.3) is 0 Å². The maximum Gasteiger partial charge on any atom is 0.129 e. The molecule has 0 saturated heterocycles. The number of rotatable bonds is 5. The van der Waals surface area contributed by atoms with Crippen molar-refractivity contribution in [1.82, 2.24) is 5.32 Å². The van der Waals surface area contributed by atoms with Crippen LogP contribution >= 0.6 is 23.2 Å². The highest BCUT2D eigenvalue weighted by Crippen LogP contribution is 2.20. The van der Waals surface area contributed by atoms with Gasteiger partial charge in [-0.05, 0) is 25.5 Å². The Labute approximate surface area is 106 Å². The molecule has 1 rings (SSSR count). The van der Waals surface area contributed by atoms with E-state index in [4.69, 9.17) is 23.2 Å². The first-order valence-electron chi connectivity index (χ1n) is 5.26. The van der Waals surface area contributed by atoms with E-state index in [2.05, 4.69) is 5.32 Å². The van der Waals surface area contributed by atoms with Crippen molar-refractivity contribution in [3.05, 3.63) is 34.6 Å². The van der Waals surface area contributed by atoms with Gasteiger partial charge in [0.1, 0.15) is 5.82 Å². The topological polar surface area (TPSA) is 12.0 Å². The van der Waals surface area contributed by atoms with Crippen molar-refractivity contribution in [3.8, 4) is 0 Å². The van der Waals surface area contributed by atoms with E-state index in [1.165, 1.54) is 6.07 Å². The van der Waals surface area contributed by atoms with E-state index in [0.29, 0.717) is 23.0 Å². The molecule has 0 heterocycles. The molecule has 1 N–H and O–H groups in total. The number of nitrogens with one attached hydrogen (secondary N) is 1. The van der Waals surface area contributed by atoms with Crippen molar-refractivity contribution in [1.29, 1.82) is 0 Å². The zero-order valence-electron chi connectivity index (χ0n) is 9.49. The van der Waals surface area contributed by atoms with Gasteiger partial charge in [-0.3, -0.25) is 0 Å². The summed E-state index contributed by atoms with van der Waals surface area (Å²) >= 11 is 11.8. The second-order valence-corrected chi connectivity index (χ2v) is 4.78. The maximum atomic E-state index is 13.5. The molecular weight excluding hydrogens is 248 g/mol. The molecule has 0 bridgehead atoms. The highest BCUT2D eigenvalue weighted by Gasteiger charge is 2.20. The number of benzene rings is 1. The lowest BCUT2D eigenvalue weighted by molar-refractivity contribution is 0.376. The van der Waals surface area contributed by atoms with Crippen LogP contribution in [0.3, 0.4) is 0 Å². The molecule has 0 aliphatic heterocycles. The Bertz CT molecular complexity index is 331. The predicted molar refractivity (Wildman–Crippen MR) is 67.7 cm³/mol. The Balaban J connectivity index is 2.75. The van der Waals surface area contributed by atoms with Crippen molar-refractivity contribution in [2.45, 2.75) is 32.4 Å². The number of hydrogen-bond donors (Lipinski definition) is 1. The van der Waals surface area contributed by atoms with Gasteiger partial charge in [-0.15, -0.1) is 11.6 Å². The van der Waals surface area contributed by atoms with Gasteiger partial charge in [-0.2, -0.15) is 0 Å². The maximum absolute atomic E-state index is 13.5. The summed E-state index contributed by atoms with van der Waals surface area (Å²) in [7, 11) is 0. The Morgan fingerprint density at radius 2 is 2.12 bits per heavy atom. The Morgan fingerprint density at radius 3 is 2.62 bits per heavy atom. The molecule has 0 aliphatic rings. The molecule has 16 heavy (non-hydrogen) atoms. The third-order valence-electron chi connectivity index (χ3n) is 2.83. The molecule has 4 heteroatoms. The molecule has 1 nitrogen and oxygen atoms in total. The summed E-state index contributed by atoms with van der Waals surface area (Å²) < 4.78 is 13.5. The Morgan fingerprint density at radius 1 is 1.44 bits per heavy atom. The summed E-state index contributed by atoms with van der Waals surface area (Å²) in [5.41, 5.74) is 0.307. The van der Waals surface area contributed by atoms with E-state index < -0.39 is 0 Å². The highest BCUT2D eigenvalue weighted by atomic mass is 35.5. The fraction of sp³-hybridized carbons (Fsp3) is 0.500. The van der Waals surface area contributed by atoms with Crippen LogP contribution in [0.1, 0.15) is 25.8 Å². The second-order valence-electron chi connectivity index (χ2n) is 4.10. The molecular formula is C12H16Cl2FN. The summed E-state index contributed by atoms with van der Waals surface area (Å²) in [4.78, 5) is 0. The Hall–Kier alpha value is -0.310. The van der Waals surface area contributed by atoms with Crippen molar-refractivity contribution in [2.24, 2.45) is 0 Å². The lowest BCUT2D eigenvalue weighted by atomic mass is 10.0. The summed E-state index contributed by atoms with van der Waals surface area (Å²) in [5, 5.41) is 3.68. The standard InChI is InChI=1S/C12H16Cl2FN/c1-3-12(2,8-13)16-7-9-10(14)5-4-6-11(9)15/h4-6,16H,3,7-8H2,1-2H3. The molecule has 1 unspecified atom stereocenters. The van der Waals surface area contributed by atoms with Crippen LogP contribution in [-0.2, 0) is 6.54 Å². The minimum atomic E-state index is -0.284. The largest absolute Gasteiger partial charge is 0.306 e. The number of alkyl halides is 1. The third-order valence-corrected chi connectivity index (χ3v) is 3.77. The molecule has 0 aromatic heterocycles. The molecule has 1 aromatic rings. The van der Waals surface area contributed by atoms with Crippen LogP contribution in [-0.4, -0.2) is 11.4 Å². The number of halogens is 3. The van der Waals surface area contributed by atoms with Crippen molar-refractivity contribution >= 4 is 23.2 Å². The third kappa shape index (κ3) is 3.34. The average molecular weight is 264 g/mol. The molecule has 0 radical (unpaired) electrons. The summed E-state index contributed by atoms with van der Waals surface area (Å²) in [6.07, 6.45) is 0.878. The fourth-order valence-electron chi connectivity index (χ4n) is 1.27. The monoisotopic (exact) mass is 263 g/mol. The SMILES string of the molecule is CCC(C)(CCl)NCc1c(F)cccc1Cl. The van der Waals surface area contributed by atoms with E-state index >= 15 is 0 Å². The summed E-state index contributed by atoms with van der Waals surface area (Å²) in [5.74, 6) is 0.197. The minimum absolute atomic E-state index is 0.187. The predicted octanol–water partition coefficient (Wildman–Crippen LogP) is 3.98. The van der Waals surface area contributed by atoms with Crippen LogP contribution in [0.4, 0.5) is 4.39 Å². The van der Waals surface area contributed by atoms with E-state index in [1.54, 1.807) is 12.1 Å². The van der Waals surface area contributed by atoms with Crippen LogP contribution in [0.2, 0.25) is 5.02 Å². The minimum Gasteiger partial charge on any atom is -0.306 e. The molecule has 1 aromatic carbocycles. The van der Waals surface area contributed by atoms with Crippen molar-refractivity contribution in [3.63, 3.8) is 0 Å². The first-order chi connectivity index (χ1) is 7.52. The van der Waals surface area contributed by atoms with Crippen molar-refractivity contribution in [2.75, 3.05) is 5.88 Å². The van der Waals surface area contributed by atoms with Gasteiger partial charge >= 0.3 is 0 Å². The summed E-state index contributed by atoms with van der Waals surface area (Å²) in [6.45, 7) is 4.44. The molecule has 0 fully saturated rings. The first-order valence-corrected chi connectivity index (χ1v) is 6.17. The van der Waals surface area contributed by atoms with Gasteiger partial charge in [-0.1, -0.05) is 24.6 Å². The lowest BCUT2D eigenvalue weighted by Crippen LogP contribution is -2.43. The molecule has 0 spiro atoms. The molecule has 0 saturated carbocycles. The smallest absolute Gasteiger partial charge is 0.129 e. The van der Waals surface area contributed by atoms with Crippen LogP contribution < -0.4 is 5.32 Å². The van der Waals surface area contributed by atoms with Gasteiger partial charge in [0.2, 0.25) is 0 Å². The van der Waals surface area contributed by atoms with Crippen LogP contribution in [0.15, 0.2) is 18.2 Å². The zero-order chi connectivity index (χ0) is 12.2. The Kier molecular flexibility index (Phi) is 5.03. The average Bonchev–Trinajstić information content (AvgIpc) is 2.28. The second kappa shape index (κ2) is 5.85. The molecule has 0 amide bonds. The lowest BCUT2D eigenvalue weighted by Gasteiger charge is -2.27. The van der Waals surface area contributed by atoms with Crippen LogP contribution in [0, 0.1) is 5.82 Å². The van der Waals surface area contributed by atoms with E-state index in [9.17, 15) is 4.39 Å². The highest BCUT2D eigenvalue weighted by molar-refractivity contribution is 6.31. The molecule has 1 atom stereocenters. The van der Waals surface area contributed by atoms with Crippen LogP contribution in [0.5, 0.6) is 0 Å².